The van der Waals surface area contributed by atoms with Gasteiger partial charge in [0.05, 0.1) is 11.1 Å². The number of hydrogen-bond donors (Lipinski definition) is 1. The van der Waals surface area contributed by atoms with Gasteiger partial charge >= 0.3 is 5.97 Å². The highest BCUT2D eigenvalue weighted by atomic mass is 19.1. The summed E-state index contributed by atoms with van der Waals surface area (Å²) in [7, 11) is 6.11. The first kappa shape index (κ1) is 20.2. The van der Waals surface area contributed by atoms with Gasteiger partial charge in [0.2, 0.25) is 0 Å². The van der Waals surface area contributed by atoms with Gasteiger partial charge in [-0.05, 0) is 50.2 Å². The Labute approximate surface area is 181 Å². The second-order valence-electron chi connectivity index (χ2n) is 9.16. The van der Waals surface area contributed by atoms with Crippen LogP contribution in [0, 0.1) is 5.82 Å². The summed E-state index contributed by atoms with van der Waals surface area (Å²) in [4.78, 5) is 16.5. The highest BCUT2D eigenvalue weighted by Crippen LogP contribution is 2.44. The summed E-state index contributed by atoms with van der Waals surface area (Å²) in [5.74, 6) is -0.784. The number of aromatic nitrogens is 1. The van der Waals surface area contributed by atoms with E-state index in [4.69, 9.17) is 0 Å². The molecule has 3 aromatic rings. The fraction of sp³-hybridized carbons (Fsp3) is 0.400. The van der Waals surface area contributed by atoms with Gasteiger partial charge in [0, 0.05) is 55.3 Å². The number of benzene rings is 2. The first-order valence-electron chi connectivity index (χ1n) is 10.9. The molecule has 6 heteroatoms. The highest BCUT2D eigenvalue weighted by molar-refractivity contribution is 6.03. The standard InChI is InChI=1S/C25H28FN3O2/c1-27(2)22-14-29(21-11-10-15-6-4-9-20(26)23(15)21)13-19(22)18-12-28(3)24-16(18)7-5-8-17(24)25(30)31/h4-9,12,19,21-22H,10-11,13-14H2,1-3H3,(H,30,31)/t19-,21?,22+/m1/s1. The number of fused-ring (bicyclic) bond motifs is 2. The van der Waals surface area contributed by atoms with E-state index in [-0.39, 0.29) is 23.8 Å². The number of rotatable bonds is 4. The summed E-state index contributed by atoms with van der Waals surface area (Å²) in [6.45, 7) is 1.70. The van der Waals surface area contributed by atoms with Crippen LogP contribution in [-0.4, -0.2) is 58.7 Å². The van der Waals surface area contributed by atoms with Crippen LogP contribution in [0.2, 0.25) is 0 Å². The largest absolute Gasteiger partial charge is 0.478 e. The van der Waals surface area contributed by atoms with Crippen LogP contribution in [0.25, 0.3) is 10.9 Å². The lowest BCUT2D eigenvalue weighted by Crippen LogP contribution is -2.35. The maximum absolute atomic E-state index is 14.7. The molecular formula is C25H28FN3O2. The molecule has 2 aliphatic rings. The van der Waals surface area contributed by atoms with Crippen molar-refractivity contribution in [3.05, 3.63) is 70.7 Å². The van der Waals surface area contributed by atoms with Crippen LogP contribution in [0.4, 0.5) is 4.39 Å². The zero-order chi connectivity index (χ0) is 21.9. The fourth-order valence-corrected chi connectivity index (χ4v) is 5.84. The molecule has 0 amide bonds. The van der Waals surface area contributed by atoms with Crippen molar-refractivity contribution >= 4 is 16.9 Å². The van der Waals surface area contributed by atoms with Gasteiger partial charge in [-0.15, -0.1) is 0 Å². The Balaban J connectivity index is 1.55. The number of carboxylic acids is 1. The molecule has 2 aromatic carbocycles. The van der Waals surface area contributed by atoms with Crippen molar-refractivity contribution in [1.29, 1.82) is 0 Å². The minimum absolute atomic E-state index is 0.0962. The first-order valence-corrected chi connectivity index (χ1v) is 10.9. The number of carboxylic acid groups (broad SMARTS) is 1. The predicted molar refractivity (Wildman–Crippen MR) is 119 cm³/mol. The molecule has 1 saturated heterocycles. The number of carbonyl (C=O) groups is 1. The Morgan fingerprint density at radius 3 is 2.68 bits per heavy atom. The molecule has 3 atom stereocenters. The summed E-state index contributed by atoms with van der Waals surface area (Å²) in [6.07, 6.45) is 3.95. The second-order valence-corrected chi connectivity index (χ2v) is 9.16. The lowest BCUT2D eigenvalue weighted by molar-refractivity contribution is 0.0698. The van der Waals surface area contributed by atoms with Crippen molar-refractivity contribution in [3.63, 3.8) is 0 Å². The monoisotopic (exact) mass is 421 g/mol. The highest BCUT2D eigenvalue weighted by Gasteiger charge is 2.42. The molecule has 1 fully saturated rings. The maximum atomic E-state index is 14.7. The van der Waals surface area contributed by atoms with E-state index in [0.29, 0.717) is 5.56 Å². The average Bonchev–Trinajstić information content (AvgIpc) is 3.43. The number of nitrogens with zero attached hydrogens (tertiary/aromatic N) is 3. The maximum Gasteiger partial charge on any atom is 0.337 e. The number of aromatic carboxylic acids is 1. The number of likely N-dealkylation sites (tertiary alicyclic amines) is 1. The normalized spacial score (nSPS) is 23.7. The predicted octanol–water partition coefficient (Wildman–Crippen LogP) is 4.03. The molecule has 162 valence electrons. The Kier molecular flexibility index (Phi) is 4.87. The SMILES string of the molecule is CN(C)[C@H]1CN(C2CCc3cccc(F)c32)C[C@@H]1c1cn(C)c2c(C(=O)O)cccc12. The van der Waals surface area contributed by atoms with E-state index in [2.05, 4.69) is 30.1 Å². The van der Waals surface area contributed by atoms with Gasteiger partial charge in [0.15, 0.2) is 0 Å². The van der Waals surface area contributed by atoms with E-state index < -0.39 is 5.97 Å². The molecule has 0 spiro atoms. The van der Waals surface area contributed by atoms with Crippen molar-refractivity contribution < 1.29 is 14.3 Å². The quantitative estimate of drug-likeness (QED) is 0.691. The van der Waals surface area contributed by atoms with Crippen LogP contribution in [0.5, 0.6) is 0 Å². The number of halogens is 1. The van der Waals surface area contributed by atoms with Crippen molar-refractivity contribution in [2.24, 2.45) is 7.05 Å². The van der Waals surface area contributed by atoms with Crippen LogP contribution >= 0.6 is 0 Å². The van der Waals surface area contributed by atoms with E-state index in [9.17, 15) is 14.3 Å². The third-order valence-corrected chi connectivity index (χ3v) is 7.25. The number of para-hydroxylation sites is 1. The van der Waals surface area contributed by atoms with E-state index in [1.54, 1.807) is 12.1 Å². The van der Waals surface area contributed by atoms with Gasteiger partial charge in [0.1, 0.15) is 5.82 Å². The van der Waals surface area contributed by atoms with Gasteiger partial charge in [-0.2, -0.15) is 0 Å². The molecule has 2 heterocycles. The van der Waals surface area contributed by atoms with E-state index in [1.807, 2.05) is 35.9 Å². The van der Waals surface area contributed by atoms with Crippen molar-refractivity contribution in [2.45, 2.75) is 30.8 Å². The molecule has 31 heavy (non-hydrogen) atoms. The van der Waals surface area contributed by atoms with Crippen molar-refractivity contribution in [1.82, 2.24) is 14.4 Å². The van der Waals surface area contributed by atoms with Crippen molar-refractivity contribution in [2.75, 3.05) is 27.2 Å². The minimum atomic E-state index is -0.909. The Morgan fingerprint density at radius 2 is 1.94 bits per heavy atom. The zero-order valence-electron chi connectivity index (χ0n) is 18.2. The van der Waals surface area contributed by atoms with Gasteiger partial charge < -0.3 is 14.6 Å². The smallest absolute Gasteiger partial charge is 0.337 e. The molecule has 1 aliphatic carbocycles. The van der Waals surface area contributed by atoms with Crippen LogP contribution in [0.1, 0.15) is 45.4 Å². The molecule has 1 aliphatic heterocycles. The minimum Gasteiger partial charge on any atom is -0.478 e. The molecule has 0 radical (unpaired) electrons. The second kappa shape index (κ2) is 7.46. The molecule has 1 aromatic heterocycles. The summed E-state index contributed by atoms with van der Waals surface area (Å²) < 4.78 is 16.6. The molecule has 0 bridgehead atoms. The average molecular weight is 422 g/mol. The van der Waals surface area contributed by atoms with Crippen LogP contribution in [0.15, 0.2) is 42.6 Å². The van der Waals surface area contributed by atoms with Gasteiger partial charge in [-0.1, -0.05) is 24.3 Å². The third-order valence-electron chi connectivity index (χ3n) is 7.25. The third kappa shape index (κ3) is 3.17. The first-order chi connectivity index (χ1) is 14.9. The fourth-order valence-electron chi connectivity index (χ4n) is 5.84. The van der Waals surface area contributed by atoms with Crippen molar-refractivity contribution in [3.8, 4) is 0 Å². The molecule has 5 rings (SSSR count). The van der Waals surface area contributed by atoms with Gasteiger partial charge in [-0.3, -0.25) is 4.90 Å². The molecule has 1 unspecified atom stereocenters. The Morgan fingerprint density at radius 1 is 1.16 bits per heavy atom. The van der Waals surface area contributed by atoms with Crippen LogP contribution in [-0.2, 0) is 13.5 Å². The van der Waals surface area contributed by atoms with Crippen LogP contribution in [0.3, 0.4) is 0 Å². The molecule has 5 nitrogen and oxygen atoms in total. The van der Waals surface area contributed by atoms with E-state index in [0.717, 1.165) is 48.0 Å². The topological polar surface area (TPSA) is 48.7 Å². The number of hydrogen-bond acceptors (Lipinski definition) is 3. The number of likely N-dealkylation sites (N-methyl/N-ethyl adjacent to an activating group) is 1. The lowest BCUT2D eigenvalue weighted by Gasteiger charge is -2.26. The Bertz CT molecular complexity index is 1170. The summed E-state index contributed by atoms with van der Waals surface area (Å²) in [5.41, 5.74) is 4.26. The zero-order valence-corrected chi connectivity index (χ0v) is 18.2. The summed E-state index contributed by atoms with van der Waals surface area (Å²) >= 11 is 0. The molecule has 0 saturated carbocycles. The van der Waals surface area contributed by atoms with E-state index in [1.165, 1.54) is 5.56 Å². The van der Waals surface area contributed by atoms with Gasteiger partial charge in [-0.25, -0.2) is 9.18 Å². The van der Waals surface area contributed by atoms with Gasteiger partial charge in [0.25, 0.3) is 0 Å². The summed E-state index contributed by atoms with van der Waals surface area (Å²) in [5, 5.41) is 10.7. The van der Waals surface area contributed by atoms with Crippen LogP contribution < -0.4 is 0 Å². The number of aryl methyl sites for hydroxylation is 2. The lowest BCUT2D eigenvalue weighted by atomic mass is 9.92. The van der Waals surface area contributed by atoms with E-state index >= 15 is 0 Å². The molecule has 1 N–H and O–H groups in total. The Hall–Kier alpha value is -2.70. The molecular weight excluding hydrogens is 393 g/mol. The summed E-state index contributed by atoms with van der Waals surface area (Å²) in [6, 6.07) is 11.3.